The maximum absolute atomic E-state index is 12.6. The Bertz CT molecular complexity index is 1250. The van der Waals surface area contributed by atoms with Crippen LogP contribution < -0.4 is 5.69 Å². The van der Waals surface area contributed by atoms with E-state index in [9.17, 15) is 4.79 Å². The number of aromatic nitrogens is 5. The molecule has 28 heavy (non-hydrogen) atoms. The lowest BCUT2D eigenvalue weighted by Gasteiger charge is -2.04. The average Bonchev–Trinajstić information content (AvgIpc) is 3.07. The molecule has 0 aliphatic heterocycles. The molecule has 0 unspecified atom stereocenters. The zero-order chi connectivity index (χ0) is 19.7. The Kier molecular flexibility index (Phi) is 4.90. The standard InChI is InChI=1S/C20H14ClN5OS/c1-3-10-28-19-23-18-16(13-5-7-14(21)8-6-13)17(25-26(18)20(27)24-19)15-9-4-12(2)11-22-15/h1,4-9,11H,10H2,2H3,(H,23,24,27). The van der Waals surface area contributed by atoms with E-state index in [4.69, 9.17) is 18.0 Å². The van der Waals surface area contributed by atoms with Crippen LogP contribution in [0, 0.1) is 19.3 Å². The maximum Gasteiger partial charge on any atom is 0.350 e. The summed E-state index contributed by atoms with van der Waals surface area (Å²) in [5.74, 6) is 2.93. The first-order valence-electron chi connectivity index (χ1n) is 8.35. The van der Waals surface area contributed by atoms with Crippen molar-refractivity contribution >= 4 is 29.0 Å². The van der Waals surface area contributed by atoms with E-state index in [2.05, 4.69) is 26.0 Å². The summed E-state index contributed by atoms with van der Waals surface area (Å²) < 4.78 is 1.25. The number of aryl methyl sites for hydroxylation is 1. The molecule has 0 fully saturated rings. The second kappa shape index (κ2) is 7.50. The van der Waals surface area contributed by atoms with Crippen molar-refractivity contribution in [3.8, 4) is 34.9 Å². The molecule has 3 heterocycles. The molecular formula is C20H14ClN5OS. The summed E-state index contributed by atoms with van der Waals surface area (Å²) in [6, 6.07) is 11.1. The monoisotopic (exact) mass is 407 g/mol. The second-order valence-corrected chi connectivity index (χ2v) is 7.43. The highest BCUT2D eigenvalue weighted by molar-refractivity contribution is 7.99. The first kappa shape index (κ1) is 18.3. The minimum absolute atomic E-state index is 0.391. The number of aromatic amines is 1. The fourth-order valence-electron chi connectivity index (χ4n) is 2.77. The van der Waals surface area contributed by atoms with Gasteiger partial charge in [0.15, 0.2) is 10.8 Å². The molecular weight excluding hydrogens is 394 g/mol. The molecule has 0 saturated heterocycles. The van der Waals surface area contributed by atoms with Crippen LogP contribution in [0.1, 0.15) is 5.56 Å². The van der Waals surface area contributed by atoms with Crippen LogP contribution in [0.5, 0.6) is 0 Å². The van der Waals surface area contributed by atoms with Gasteiger partial charge in [-0.1, -0.05) is 47.5 Å². The predicted molar refractivity (Wildman–Crippen MR) is 112 cm³/mol. The Balaban J connectivity index is 2.02. The average molecular weight is 408 g/mol. The van der Waals surface area contributed by atoms with E-state index in [0.29, 0.717) is 38.5 Å². The highest BCUT2D eigenvalue weighted by Crippen LogP contribution is 2.34. The van der Waals surface area contributed by atoms with Crippen LogP contribution in [0.3, 0.4) is 0 Å². The number of H-pyrrole nitrogens is 1. The highest BCUT2D eigenvalue weighted by atomic mass is 35.5. The molecule has 0 spiro atoms. The number of rotatable bonds is 4. The molecule has 4 rings (SSSR count). The summed E-state index contributed by atoms with van der Waals surface area (Å²) >= 11 is 7.33. The van der Waals surface area contributed by atoms with Gasteiger partial charge in [-0.2, -0.15) is 9.61 Å². The van der Waals surface area contributed by atoms with Gasteiger partial charge in [-0.05, 0) is 36.2 Å². The van der Waals surface area contributed by atoms with E-state index >= 15 is 0 Å². The van der Waals surface area contributed by atoms with Crippen molar-refractivity contribution in [2.75, 3.05) is 5.75 Å². The largest absolute Gasteiger partial charge is 0.350 e. The minimum atomic E-state index is -0.391. The summed E-state index contributed by atoms with van der Waals surface area (Å²) in [5, 5.41) is 5.55. The summed E-state index contributed by atoms with van der Waals surface area (Å²) in [6.45, 7) is 1.96. The van der Waals surface area contributed by atoms with Gasteiger partial charge >= 0.3 is 5.69 Å². The van der Waals surface area contributed by atoms with E-state index < -0.39 is 5.69 Å². The molecule has 0 aliphatic carbocycles. The van der Waals surface area contributed by atoms with Crippen molar-refractivity contribution < 1.29 is 0 Å². The van der Waals surface area contributed by atoms with Gasteiger partial charge in [0, 0.05) is 11.2 Å². The topological polar surface area (TPSA) is 75.9 Å². The Hall–Kier alpha value is -3.08. The van der Waals surface area contributed by atoms with Gasteiger partial charge in [0.1, 0.15) is 5.69 Å². The van der Waals surface area contributed by atoms with Crippen molar-refractivity contribution in [2.45, 2.75) is 12.1 Å². The van der Waals surface area contributed by atoms with Crippen LogP contribution in [0.4, 0.5) is 0 Å². The normalized spacial score (nSPS) is 10.9. The number of terminal acetylenes is 1. The lowest BCUT2D eigenvalue weighted by Crippen LogP contribution is -2.19. The van der Waals surface area contributed by atoms with Crippen LogP contribution in [0.25, 0.3) is 28.2 Å². The van der Waals surface area contributed by atoms with E-state index in [-0.39, 0.29) is 0 Å². The lowest BCUT2D eigenvalue weighted by molar-refractivity contribution is 0.788. The molecule has 0 atom stereocenters. The van der Waals surface area contributed by atoms with E-state index in [0.717, 1.165) is 11.1 Å². The molecule has 1 N–H and O–H groups in total. The highest BCUT2D eigenvalue weighted by Gasteiger charge is 2.21. The van der Waals surface area contributed by atoms with Crippen molar-refractivity contribution in [1.82, 2.24) is 24.6 Å². The fraction of sp³-hybridized carbons (Fsp3) is 0.100. The van der Waals surface area contributed by atoms with Crippen molar-refractivity contribution in [2.24, 2.45) is 0 Å². The van der Waals surface area contributed by atoms with Crippen LogP contribution in [0.15, 0.2) is 52.5 Å². The number of hydrogen-bond acceptors (Lipinski definition) is 5. The number of thioether (sulfide) groups is 1. The molecule has 4 aromatic rings. The summed E-state index contributed by atoms with van der Waals surface area (Å²) in [6.07, 6.45) is 7.09. The fourth-order valence-corrected chi connectivity index (χ4v) is 3.43. The Morgan fingerprint density at radius 3 is 2.71 bits per heavy atom. The SMILES string of the molecule is C#CCSc1nc2c(-c3ccc(Cl)cc3)c(-c3ccc(C)cn3)nn2c(=O)[nH]1. The molecule has 0 amide bonds. The van der Waals surface area contributed by atoms with Crippen LogP contribution in [0.2, 0.25) is 5.02 Å². The van der Waals surface area contributed by atoms with Gasteiger partial charge < -0.3 is 0 Å². The predicted octanol–water partition coefficient (Wildman–Crippen LogP) is 3.83. The molecule has 138 valence electrons. The number of nitrogens with zero attached hydrogens (tertiary/aromatic N) is 4. The first-order chi connectivity index (χ1) is 13.6. The first-order valence-corrected chi connectivity index (χ1v) is 9.71. The quantitative estimate of drug-likeness (QED) is 0.411. The molecule has 1 aromatic carbocycles. The summed E-state index contributed by atoms with van der Waals surface area (Å²) in [4.78, 5) is 24.4. The summed E-state index contributed by atoms with van der Waals surface area (Å²) in [7, 11) is 0. The molecule has 0 bridgehead atoms. The number of halogens is 1. The maximum atomic E-state index is 12.6. The molecule has 8 heteroatoms. The number of hydrogen-bond donors (Lipinski definition) is 1. The minimum Gasteiger partial charge on any atom is -0.285 e. The lowest BCUT2D eigenvalue weighted by atomic mass is 10.0. The number of pyridine rings is 1. The van der Waals surface area contributed by atoms with E-state index in [1.165, 1.54) is 16.3 Å². The zero-order valence-corrected chi connectivity index (χ0v) is 16.4. The van der Waals surface area contributed by atoms with Crippen LogP contribution in [-0.2, 0) is 0 Å². The summed E-state index contributed by atoms with van der Waals surface area (Å²) in [5.41, 5.74) is 3.84. The Labute approximate surface area is 170 Å². The van der Waals surface area contributed by atoms with Gasteiger partial charge in [0.05, 0.1) is 17.0 Å². The van der Waals surface area contributed by atoms with Crippen molar-refractivity contribution in [3.05, 3.63) is 63.7 Å². The smallest absolute Gasteiger partial charge is 0.285 e. The number of fused-ring (bicyclic) bond motifs is 1. The number of benzene rings is 1. The molecule has 6 nitrogen and oxygen atoms in total. The van der Waals surface area contributed by atoms with E-state index in [1.807, 2.05) is 31.2 Å². The second-order valence-electron chi connectivity index (χ2n) is 6.03. The van der Waals surface area contributed by atoms with Crippen LogP contribution >= 0.6 is 23.4 Å². The molecule has 0 aliphatic rings. The van der Waals surface area contributed by atoms with Crippen molar-refractivity contribution in [3.63, 3.8) is 0 Å². The third-order valence-electron chi connectivity index (χ3n) is 4.05. The van der Waals surface area contributed by atoms with Crippen LogP contribution in [-0.4, -0.2) is 30.3 Å². The third kappa shape index (κ3) is 3.40. The van der Waals surface area contributed by atoms with Gasteiger partial charge in [-0.3, -0.25) is 9.97 Å². The Morgan fingerprint density at radius 2 is 2.04 bits per heavy atom. The van der Waals surface area contributed by atoms with Gasteiger partial charge in [-0.15, -0.1) is 6.42 Å². The van der Waals surface area contributed by atoms with Gasteiger partial charge in [0.2, 0.25) is 0 Å². The van der Waals surface area contributed by atoms with Crippen molar-refractivity contribution in [1.29, 1.82) is 0 Å². The van der Waals surface area contributed by atoms with Gasteiger partial charge in [-0.25, -0.2) is 9.78 Å². The van der Waals surface area contributed by atoms with Gasteiger partial charge in [0.25, 0.3) is 0 Å². The molecule has 0 saturated carbocycles. The van der Waals surface area contributed by atoms with E-state index in [1.54, 1.807) is 18.3 Å². The third-order valence-corrected chi connectivity index (χ3v) is 5.08. The molecule has 3 aromatic heterocycles. The number of nitrogens with one attached hydrogen (secondary N) is 1. The molecule has 0 radical (unpaired) electrons. The zero-order valence-electron chi connectivity index (χ0n) is 14.8. The Morgan fingerprint density at radius 1 is 1.25 bits per heavy atom.